The van der Waals surface area contributed by atoms with Gasteiger partial charge in [0.05, 0.1) is 25.8 Å². The fourth-order valence-corrected chi connectivity index (χ4v) is 3.95. The Kier molecular flexibility index (Phi) is 12.9. The molecule has 0 saturated carbocycles. The lowest BCUT2D eigenvalue weighted by Gasteiger charge is -2.33. The normalized spacial score (nSPS) is 12.8. The van der Waals surface area contributed by atoms with Gasteiger partial charge in [-0.15, -0.1) is 0 Å². The molecule has 2 aromatic rings. The van der Waals surface area contributed by atoms with Gasteiger partial charge in [0.1, 0.15) is 11.7 Å². The SMILES string of the molecule is COC(=O)CN(C)B(OCC(C)C)[C@H](CC(C)C)NC(=O)[C@H](Cc1ccccc1)NC(=O)c1cnccn1. The van der Waals surface area contributed by atoms with Gasteiger partial charge in [0.25, 0.3) is 5.91 Å². The van der Waals surface area contributed by atoms with Crippen LogP contribution in [0.4, 0.5) is 0 Å². The van der Waals surface area contributed by atoms with Gasteiger partial charge in [0.15, 0.2) is 0 Å². The molecule has 2 amide bonds. The lowest BCUT2D eigenvalue weighted by molar-refractivity contribution is -0.140. The highest BCUT2D eigenvalue weighted by Gasteiger charge is 2.37. The molecule has 206 valence electrons. The van der Waals surface area contributed by atoms with Gasteiger partial charge >= 0.3 is 13.0 Å². The van der Waals surface area contributed by atoms with Crippen molar-refractivity contribution in [3.63, 3.8) is 0 Å². The van der Waals surface area contributed by atoms with Crippen molar-refractivity contribution in [3.05, 3.63) is 60.2 Å². The maximum absolute atomic E-state index is 13.7. The highest BCUT2D eigenvalue weighted by atomic mass is 16.5. The Balaban J connectivity index is 2.32. The highest BCUT2D eigenvalue weighted by Crippen LogP contribution is 2.14. The van der Waals surface area contributed by atoms with Crippen molar-refractivity contribution < 1.29 is 23.8 Å². The standard InChI is InChI=1S/C27H40BN5O5/c1-19(2)14-24(28(38-18-20(3)4)33(5)17-25(34)37-6)32-26(35)22(15-21-10-8-7-9-11-21)31-27(36)23-16-29-12-13-30-23/h7-13,16,19-20,22,24H,14-15,17-18H2,1-6H3,(H,31,36)(H,32,35)/t22-,24-/m0/s1. The van der Waals surface area contributed by atoms with E-state index >= 15 is 0 Å². The molecule has 0 aliphatic rings. The molecule has 0 bridgehead atoms. The first kappa shape index (κ1) is 30.9. The number of carbonyl (C=O) groups excluding carboxylic acids is 3. The van der Waals surface area contributed by atoms with E-state index < -0.39 is 30.9 Å². The predicted octanol–water partition coefficient (Wildman–Crippen LogP) is 2.15. The molecule has 0 saturated heterocycles. The molecule has 0 fully saturated rings. The summed E-state index contributed by atoms with van der Waals surface area (Å²) >= 11 is 0. The molecule has 2 rings (SSSR count). The van der Waals surface area contributed by atoms with Gasteiger partial charge in [-0.05, 0) is 30.9 Å². The number of rotatable bonds is 15. The second-order valence-electron chi connectivity index (χ2n) is 10.2. The molecule has 11 heteroatoms. The summed E-state index contributed by atoms with van der Waals surface area (Å²) in [6.07, 6.45) is 5.13. The third-order valence-electron chi connectivity index (χ3n) is 5.74. The van der Waals surface area contributed by atoms with Crippen molar-refractivity contribution in [2.75, 3.05) is 27.3 Å². The molecule has 1 heterocycles. The van der Waals surface area contributed by atoms with E-state index in [1.54, 1.807) is 11.9 Å². The van der Waals surface area contributed by atoms with Gasteiger partial charge < -0.3 is 24.8 Å². The predicted molar refractivity (Wildman–Crippen MR) is 146 cm³/mol. The Morgan fingerprint density at radius 1 is 1.03 bits per heavy atom. The van der Waals surface area contributed by atoms with Gasteiger partial charge in [-0.1, -0.05) is 58.0 Å². The minimum absolute atomic E-state index is 0.000579. The van der Waals surface area contributed by atoms with Crippen LogP contribution in [0.25, 0.3) is 0 Å². The van der Waals surface area contributed by atoms with E-state index in [1.165, 1.54) is 25.7 Å². The number of esters is 1. The highest BCUT2D eigenvalue weighted by molar-refractivity contribution is 6.51. The number of hydrogen-bond donors (Lipinski definition) is 2. The number of aromatic nitrogens is 2. The summed E-state index contributed by atoms with van der Waals surface area (Å²) in [6, 6.07) is 8.58. The Morgan fingerprint density at radius 3 is 2.32 bits per heavy atom. The fraction of sp³-hybridized carbons (Fsp3) is 0.519. The van der Waals surface area contributed by atoms with Gasteiger partial charge in [0.2, 0.25) is 5.91 Å². The van der Waals surface area contributed by atoms with Crippen molar-refractivity contribution in [1.29, 1.82) is 0 Å². The van der Waals surface area contributed by atoms with Gasteiger partial charge in [0, 0.05) is 25.4 Å². The Morgan fingerprint density at radius 2 is 1.74 bits per heavy atom. The number of benzene rings is 1. The second kappa shape index (κ2) is 15.8. The van der Waals surface area contributed by atoms with Crippen LogP contribution in [0.15, 0.2) is 48.9 Å². The number of ether oxygens (including phenoxy) is 1. The van der Waals surface area contributed by atoms with E-state index in [9.17, 15) is 14.4 Å². The lowest BCUT2D eigenvalue weighted by atomic mass is 9.67. The number of carbonyl (C=O) groups is 3. The summed E-state index contributed by atoms with van der Waals surface area (Å²) in [6.45, 7) is 8.61. The van der Waals surface area contributed by atoms with Crippen molar-refractivity contribution in [3.8, 4) is 0 Å². The third kappa shape index (κ3) is 10.6. The van der Waals surface area contributed by atoms with Crippen LogP contribution in [0, 0.1) is 11.8 Å². The molecular formula is C27H40BN5O5. The van der Waals surface area contributed by atoms with Crippen LogP contribution < -0.4 is 10.6 Å². The number of nitrogens with zero attached hydrogens (tertiary/aromatic N) is 3. The monoisotopic (exact) mass is 525 g/mol. The smallest absolute Gasteiger partial charge is 0.406 e. The zero-order valence-electron chi connectivity index (χ0n) is 23.2. The Hall–Kier alpha value is -3.31. The van der Waals surface area contributed by atoms with Crippen LogP contribution in [0.1, 0.15) is 50.2 Å². The molecule has 0 aliphatic carbocycles. The van der Waals surface area contributed by atoms with Gasteiger partial charge in [-0.3, -0.25) is 19.4 Å². The average molecular weight is 525 g/mol. The van der Waals surface area contributed by atoms with Crippen molar-refractivity contribution in [2.45, 2.75) is 52.5 Å². The third-order valence-corrected chi connectivity index (χ3v) is 5.74. The Labute approximate surface area is 226 Å². The number of amides is 2. The van der Waals surface area contributed by atoms with Crippen LogP contribution >= 0.6 is 0 Å². The van der Waals surface area contributed by atoms with Crippen molar-refractivity contribution >= 4 is 24.8 Å². The van der Waals surface area contributed by atoms with E-state index in [-0.39, 0.29) is 36.4 Å². The molecule has 1 aromatic carbocycles. The number of nitrogens with one attached hydrogen (secondary N) is 2. The molecule has 2 N–H and O–H groups in total. The maximum atomic E-state index is 13.7. The number of hydrogen-bond acceptors (Lipinski definition) is 8. The molecule has 0 radical (unpaired) electrons. The molecule has 1 aromatic heterocycles. The average Bonchev–Trinajstić information content (AvgIpc) is 2.88. The summed E-state index contributed by atoms with van der Waals surface area (Å²) in [5.41, 5.74) is 1.01. The summed E-state index contributed by atoms with van der Waals surface area (Å²) in [5, 5.41) is 5.93. The summed E-state index contributed by atoms with van der Waals surface area (Å²) < 4.78 is 11.1. The first-order valence-corrected chi connectivity index (χ1v) is 12.9. The van der Waals surface area contributed by atoms with E-state index in [1.807, 2.05) is 44.2 Å². The number of methoxy groups -OCH3 is 1. The first-order valence-electron chi connectivity index (χ1n) is 12.9. The van der Waals surface area contributed by atoms with E-state index in [4.69, 9.17) is 9.39 Å². The molecule has 38 heavy (non-hydrogen) atoms. The second-order valence-corrected chi connectivity index (χ2v) is 10.2. The van der Waals surface area contributed by atoms with Crippen LogP contribution in [0.5, 0.6) is 0 Å². The maximum Gasteiger partial charge on any atom is 0.406 e. The molecule has 0 unspecified atom stereocenters. The van der Waals surface area contributed by atoms with E-state index in [2.05, 4.69) is 34.4 Å². The summed E-state index contributed by atoms with van der Waals surface area (Å²) in [4.78, 5) is 48.4. The van der Waals surface area contributed by atoms with Crippen molar-refractivity contribution in [2.24, 2.45) is 11.8 Å². The van der Waals surface area contributed by atoms with Crippen molar-refractivity contribution in [1.82, 2.24) is 25.4 Å². The Bertz CT molecular complexity index is 1010. The topological polar surface area (TPSA) is 123 Å². The summed E-state index contributed by atoms with van der Waals surface area (Å²) in [7, 11) is 2.51. The van der Waals surface area contributed by atoms with Gasteiger partial charge in [-0.2, -0.15) is 0 Å². The molecule has 10 nitrogen and oxygen atoms in total. The van der Waals surface area contributed by atoms with Gasteiger partial charge in [-0.25, -0.2) is 4.98 Å². The summed E-state index contributed by atoms with van der Waals surface area (Å²) in [5.74, 6) is -1.25. The molecule has 2 atom stereocenters. The van der Waals surface area contributed by atoms with Crippen LogP contribution in [0.2, 0.25) is 0 Å². The van der Waals surface area contributed by atoms with E-state index in [0.29, 0.717) is 13.0 Å². The van der Waals surface area contributed by atoms with Crippen LogP contribution in [-0.2, 0) is 25.4 Å². The molecule has 0 aliphatic heterocycles. The van der Waals surface area contributed by atoms with Crippen LogP contribution in [0.3, 0.4) is 0 Å². The minimum atomic E-state index is -0.877. The number of likely N-dealkylation sites (N-methyl/N-ethyl adjacent to an activating group) is 1. The largest absolute Gasteiger partial charge is 0.468 e. The first-order chi connectivity index (χ1) is 18.1. The zero-order valence-corrected chi connectivity index (χ0v) is 23.2. The van der Waals surface area contributed by atoms with E-state index in [0.717, 1.165) is 5.56 Å². The zero-order chi connectivity index (χ0) is 28.1. The molecule has 0 spiro atoms. The fourth-order valence-electron chi connectivity index (χ4n) is 3.95. The lowest BCUT2D eigenvalue weighted by Crippen LogP contribution is -2.60. The molecular weight excluding hydrogens is 485 g/mol. The quantitative estimate of drug-likeness (QED) is 0.268. The van der Waals surface area contributed by atoms with Crippen LogP contribution in [-0.4, -0.2) is 78.9 Å². The minimum Gasteiger partial charge on any atom is -0.468 e.